The number of nitrogens with one attached hydrogen (secondary N) is 1. The van der Waals surface area contributed by atoms with E-state index in [1.807, 2.05) is 0 Å². The SMILES string of the molecule is c1ccc(CCn2cc3c(n2)CNCC3)cc1. The molecule has 3 heteroatoms. The van der Waals surface area contributed by atoms with Crippen LogP contribution in [-0.4, -0.2) is 16.3 Å². The second kappa shape index (κ2) is 4.72. The highest BCUT2D eigenvalue weighted by Crippen LogP contribution is 2.12. The summed E-state index contributed by atoms with van der Waals surface area (Å²) in [5, 5.41) is 7.97. The van der Waals surface area contributed by atoms with Crippen molar-refractivity contribution in [2.45, 2.75) is 25.9 Å². The number of aromatic nitrogens is 2. The van der Waals surface area contributed by atoms with Gasteiger partial charge in [-0.1, -0.05) is 30.3 Å². The zero-order chi connectivity index (χ0) is 11.5. The van der Waals surface area contributed by atoms with Gasteiger partial charge in [-0.15, -0.1) is 0 Å². The molecule has 2 aromatic rings. The van der Waals surface area contributed by atoms with Crippen molar-refractivity contribution in [1.29, 1.82) is 0 Å². The average Bonchev–Trinajstić information content (AvgIpc) is 2.80. The van der Waals surface area contributed by atoms with Gasteiger partial charge in [0.25, 0.3) is 0 Å². The van der Waals surface area contributed by atoms with E-state index in [1.165, 1.54) is 16.8 Å². The first kappa shape index (κ1) is 10.5. The summed E-state index contributed by atoms with van der Waals surface area (Å²) in [6.07, 6.45) is 4.37. The highest BCUT2D eigenvalue weighted by Gasteiger charge is 2.12. The maximum atomic E-state index is 4.62. The lowest BCUT2D eigenvalue weighted by Crippen LogP contribution is -2.22. The zero-order valence-corrected chi connectivity index (χ0v) is 9.89. The Morgan fingerprint density at radius 3 is 2.94 bits per heavy atom. The Bertz CT molecular complexity index is 464. The minimum atomic E-state index is 0.924. The Kier molecular flexibility index (Phi) is 2.92. The molecule has 0 saturated carbocycles. The molecule has 0 fully saturated rings. The number of rotatable bonds is 3. The molecule has 0 spiro atoms. The van der Waals surface area contributed by atoms with Crippen LogP contribution in [0.4, 0.5) is 0 Å². The molecule has 0 atom stereocenters. The van der Waals surface area contributed by atoms with Crippen LogP contribution < -0.4 is 5.32 Å². The van der Waals surface area contributed by atoms with Crippen LogP contribution in [0.2, 0.25) is 0 Å². The minimum Gasteiger partial charge on any atom is -0.311 e. The molecule has 88 valence electrons. The zero-order valence-electron chi connectivity index (χ0n) is 9.89. The number of benzene rings is 1. The molecule has 1 aliphatic heterocycles. The fourth-order valence-electron chi connectivity index (χ4n) is 2.29. The van der Waals surface area contributed by atoms with E-state index in [2.05, 4.69) is 51.6 Å². The van der Waals surface area contributed by atoms with Crippen molar-refractivity contribution in [3.8, 4) is 0 Å². The molecule has 3 nitrogen and oxygen atoms in total. The number of fused-ring (bicyclic) bond motifs is 1. The minimum absolute atomic E-state index is 0.924. The Balaban J connectivity index is 1.67. The fourth-order valence-corrected chi connectivity index (χ4v) is 2.29. The molecule has 17 heavy (non-hydrogen) atoms. The van der Waals surface area contributed by atoms with Gasteiger partial charge < -0.3 is 5.32 Å². The van der Waals surface area contributed by atoms with Crippen LogP contribution in [0.3, 0.4) is 0 Å². The summed E-state index contributed by atoms with van der Waals surface area (Å²) < 4.78 is 2.09. The largest absolute Gasteiger partial charge is 0.311 e. The molecule has 0 radical (unpaired) electrons. The van der Waals surface area contributed by atoms with Crippen LogP contribution in [0.1, 0.15) is 16.8 Å². The molecule has 1 N–H and O–H groups in total. The number of hydrogen-bond donors (Lipinski definition) is 1. The molecule has 1 aromatic heterocycles. The van der Waals surface area contributed by atoms with E-state index in [0.717, 1.165) is 32.5 Å². The summed E-state index contributed by atoms with van der Waals surface area (Å²) in [5.74, 6) is 0. The maximum Gasteiger partial charge on any atom is 0.0794 e. The molecule has 1 aliphatic rings. The van der Waals surface area contributed by atoms with Crippen LogP contribution in [0, 0.1) is 0 Å². The van der Waals surface area contributed by atoms with Crippen LogP contribution in [0.5, 0.6) is 0 Å². The third kappa shape index (κ3) is 2.39. The quantitative estimate of drug-likeness (QED) is 0.866. The van der Waals surface area contributed by atoms with Gasteiger partial charge >= 0.3 is 0 Å². The van der Waals surface area contributed by atoms with E-state index < -0.39 is 0 Å². The molecule has 2 heterocycles. The Morgan fingerprint density at radius 2 is 2.12 bits per heavy atom. The summed E-state index contributed by atoms with van der Waals surface area (Å²) in [6.45, 7) is 2.97. The van der Waals surface area contributed by atoms with E-state index >= 15 is 0 Å². The topological polar surface area (TPSA) is 29.9 Å². The van der Waals surface area contributed by atoms with Crippen LogP contribution >= 0.6 is 0 Å². The second-order valence-electron chi connectivity index (χ2n) is 4.53. The Morgan fingerprint density at radius 1 is 1.24 bits per heavy atom. The first-order valence-corrected chi connectivity index (χ1v) is 6.22. The molecule has 0 unspecified atom stereocenters. The Labute approximate surface area is 101 Å². The highest BCUT2D eigenvalue weighted by atomic mass is 15.3. The fraction of sp³-hybridized carbons (Fsp3) is 0.357. The molecule has 1 aromatic carbocycles. The number of nitrogens with zero attached hydrogens (tertiary/aromatic N) is 2. The van der Waals surface area contributed by atoms with Gasteiger partial charge in [-0.05, 0) is 30.5 Å². The summed E-state index contributed by atoms with van der Waals surface area (Å²) in [7, 11) is 0. The van der Waals surface area contributed by atoms with Gasteiger partial charge in [0, 0.05) is 19.3 Å². The first-order valence-electron chi connectivity index (χ1n) is 6.22. The van der Waals surface area contributed by atoms with Crippen molar-refractivity contribution in [2.75, 3.05) is 6.54 Å². The van der Waals surface area contributed by atoms with E-state index in [-0.39, 0.29) is 0 Å². The van der Waals surface area contributed by atoms with Crippen molar-refractivity contribution < 1.29 is 0 Å². The molecule has 0 aliphatic carbocycles. The van der Waals surface area contributed by atoms with Crippen LogP contribution in [-0.2, 0) is 25.9 Å². The molecular weight excluding hydrogens is 210 g/mol. The summed E-state index contributed by atoms with van der Waals surface area (Å²) in [5.41, 5.74) is 4.01. The average molecular weight is 227 g/mol. The smallest absolute Gasteiger partial charge is 0.0794 e. The van der Waals surface area contributed by atoms with E-state index in [1.54, 1.807) is 0 Å². The summed E-state index contributed by atoms with van der Waals surface area (Å²) >= 11 is 0. The lowest BCUT2D eigenvalue weighted by atomic mass is 10.1. The molecule has 0 saturated heterocycles. The molecular formula is C14H17N3. The standard InChI is InChI=1S/C14H17N3/c1-2-4-12(5-3-1)7-9-17-11-13-6-8-15-10-14(13)16-17/h1-5,11,15H,6-10H2. The normalized spacial score (nSPS) is 14.6. The van der Waals surface area contributed by atoms with Gasteiger partial charge in [-0.2, -0.15) is 5.10 Å². The first-order chi connectivity index (χ1) is 8.42. The predicted octanol–water partition coefficient (Wildman–Crippen LogP) is 1.77. The summed E-state index contributed by atoms with van der Waals surface area (Å²) in [6, 6.07) is 10.6. The van der Waals surface area contributed by atoms with Crippen molar-refractivity contribution in [3.63, 3.8) is 0 Å². The Hall–Kier alpha value is -1.61. The van der Waals surface area contributed by atoms with Crippen LogP contribution in [0.15, 0.2) is 36.5 Å². The maximum absolute atomic E-state index is 4.62. The van der Waals surface area contributed by atoms with Gasteiger partial charge in [0.2, 0.25) is 0 Å². The highest BCUT2D eigenvalue weighted by molar-refractivity contribution is 5.20. The number of hydrogen-bond acceptors (Lipinski definition) is 2. The third-order valence-electron chi connectivity index (χ3n) is 3.26. The van der Waals surface area contributed by atoms with Crippen molar-refractivity contribution >= 4 is 0 Å². The van der Waals surface area contributed by atoms with Crippen molar-refractivity contribution in [1.82, 2.24) is 15.1 Å². The lowest BCUT2D eigenvalue weighted by Gasteiger charge is -2.09. The van der Waals surface area contributed by atoms with Gasteiger partial charge in [-0.3, -0.25) is 4.68 Å². The van der Waals surface area contributed by atoms with Gasteiger partial charge in [0.1, 0.15) is 0 Å². The lowest BCUT2D eigenvalue weighted by molar-refractivity contribution is 0.588. The predicted molar refractivity (Wildman–Crippen MR) is 67.8 cm³/mol. The summed E-state index contributed by atoms with van der Waals surface area (Å²) in [4.78, 5) is 0. The van der Waals surface area contributed by atoms with Crippen LogP contribution in [0.25, 0.3) is 0 Å². The molecule has 3 rings (SSSR count). The number of aryl methyl sites for hydroxylation is 2. The van der Waals surface area contributed by atoms with Gasteiger partial charge in [0.15, 0.2) is 0 Å². The molecule has 0 amide bonds. The van der Waals surface area contributed by atoms with Gasteiger partial charge in [-0.25, -0.2) is 0 Å². The van der Waals surface area contributed by atoms with E-state index in [9.17, 15) is 0 Å². The molecule has 0 bridgehead atoms. The monoisotopic (exact) mass is 227 g/mol. The van der Waals surface area contributed by atoms with E-state index in [0.29, 0.717) is 0 Å². The van der Waals surface area contributed by atoms with Gasteiger partial charge in [0.05, 0.1) is 5.69 Å². The van der Waals surface area contributed by atoms with E-state index in [4.69, 9.17) is 0 Å². The van der Waals surface area contributed by atoms with Crippen molar-refractivity contribution in [2.24, 2.45) is 0 Å². The third-order valence-corrected chi connectivity index (χ3v) is 3.26. The second-order valence-corrected chi connectivity index (χ2v) is 4.53. The van der Waals surface area contributed by atoms with Crippen molar-refractivity contribution in [3.05, 3.63) is 53.3 Å².